The number of halogens is 1. The number of hydrogen-bond donors (Lipinski definition) is 1. The Morgan fingerprint density at radius 3 is 2.71 bits per heavy atom. The fourth-order valence-corrected chi connectivity index (χ4v) is 4.10. The van der Waals surface area contributed by atoms with Crippen molar-refractivity contribution in [3.05, 3.63) is 70.2 Å². The second-order valence-corrected chi connectivity index (χ2v) is 7.42. The minimum Gasteiger partial charge on any atom is -0.350 e. The van der Waals surface area contributed by atoms with Gasteiger partial charge in [0.15, 0.2) is 0 Å². The second-order valence-electron chi connectivity index (χ2n) is 5.50. The molecule has 6 heteroatoms. The Hall–Kier alpha value is -1.79. The van der Waals surface area contributed by atoms with E-state index in [0.29, 0.717) is 23.7 Å². The van der Waals surface area contributed by atoms with Gasteiger partial charge in [-0.15, -0.1) is 11.8 Å². The lowest BCUT2D eigenvalue weighted by Gasteiger charge is -2.23. The Bertz CT molecular complexity index is 739. The number of thioether (sulfide) groups is 1. The second kappa shape index (κ2) is 7.85. The zero-order chi connectivity index (χ0) is 16.9. The molecule has 124 valence electrons. The van der Waals surface area contributed by atoms with Crippen LogP contribution in [0.15, 0.2) is 59.1 Å². The highest BCUT2D eigenvalue weighted by Gasteiger charge is 2.34. The predicted octanol–water partition coefficient (Wildman–Crippen LogP) is 3.28. The molecule has 2 aromatic rings. The molecule has 1 heterocycles. The summed E-state index contributed by atoms with van der Waals surface area (Å²) in [5.74, 6) is 0.947. The van der Waals surface area contributed by atoms with Gasteiger partial charge in [0, 0.05) is 22.3 Å². The summed E-state index contributed by atoms with van der Waals surface area (Å²) >= 11 is 4.98. The average molecular weight is 405 g/mol. The van der Waals surface area contributed by atoms with Gasteiger partial charge in [-0.1, -0.05) is 52.3 Å². The number of rotatable bonds is 4. The van der Waals surface area contributed by atoms with Crippen molar-refractivity contribution in [2.75, 3.05) is 11.6 Å². The smallest absolute Gasteiger partial charge is 0.255 e. The Labute approximate surface area is 153 Å². The van der Waals surface area contributed by atoms with Crippen LogP contribution in [-0.2, 0) is 11.3 Å². The molecule has 0 unspecified atom stereocenters. The molecule has 0 radical (unpaired) electrons. The maximum atomic E-state index is 12.7. The van der Waals surface area contributed by atoms with E-state index in [1.165, 1.54) is 0 Å². The summed E-state index contributed by atoms with van der Waals surface area (Å²) < 4.78 is 0.852. The van der Waals surface area contributed by atoms with Gasteiger partial charge in [-0.05, 0) is 23.8 Å². The van der Waals surface area contributed by atoms with Crippen molar-refractivity contribution in [3.63, 3.8) is 0 Å². The van der Waals surface area contributed by atoms with E-state index in [1.54, 1.807) is 28.8 Å². The molecule has 0 bridgehead atoms. The summed E-state index contributed by atoms with van der Waals surface area (Å²) in [6, 6.07) is 16.6. The standard InChI is InChI=1S/C18H17BrN2O2S/c19-15-8-4-7-14(9-15)18(23)21-12-24-11-16(21)17(22)20-10-13-5-2-1-3-6-13/h1-9,16H,10-12H2,(H,20,22)/t16-/m0/s1. The highest BCUT2D eigenvalue weighted by atomic mass is 79.9. The molecule has 0 aromatic heterocycles. The van der Waals surface area contributed by atoms with Gasteiger partial charge >= 0.3 is 0 Å². The van der Waals surface area contributed by atoms with Crippen LogP contribution in [0.2, 0.25) is 0 Å². The summed E-state index contributed by atoms with van der Waals surface area (Å²) in [6.07, 6.45) is 0. The van der Waals surface area contributed by atoms with Crippen LogP contribution in [0, 0.1) is 0 Å². The summed E-state index contributed by atoms with van der Waals surface area (Å²) in [5, 5.41) is 2.93. The first-order chi connectivity index (χ1) is 11.6. The van der Waals surface area contributed by atoms with Gasteiger partial charge in [-0.3, -0.25) is 9.59 Å². The molecule has 2 aromatic carbocycles. The summed E-state index contributed by atoms with van der Waals surface area (Å²) in [6.45, 7) is 0.472. The normalized spacial score (nSPS) is 16.9. The first-order valence-electron chi connectivity index (χ1n) is 7.61. The molecule has 1 aliphatic heterocycles. The molecule has 0 saturated carbocycles. The largest absolute Gasteiger partial charge is 0.350 e. The maximum Gasteiger partial charge on any atom is 0.255 e. The van der Waals surface area contributed by atoms with Crippen LogP contribution in [0.1, 0.15) is 15.9 Å². The maximum absolute atomic E-state index is 12.7. The number of hydrogen-bond acceptors (Lipinski definition) is 3. The van der Waals surface area contributed by atoms with Crippen molar-refractivity contribution in [1.29, 1.82) is 0 Å². The lowest BCUT2D eigenvalue weighted by molar-refractivity contribution is -0.124. The van der Waals surface area contributed by atoms with Crippen molar-refractivity contribution in [2.24, 2.45) is 0 Å². The zero-order valence-corrected chi connectivity index (χ0v) is 15.3. The van der Waals surface area contributed by atoms with Gasteiger partial charge in [0.1, 0.15) is 6.04 Å². The fourth-order valence-electron chi connectivity index (χ4n) is 2.55. The molecular formula is C18H17BrN2O2S. The lowest BCUT2D eigenvalue weighted by Crippen LogP contribution is -2.47. The molecule has 2 amide bonds. The number of carbonyl (C=O) groups excluding carboxylic acids is 2. The summed E-state index contributed by atoms with van der Waals surface area (Å²) in [5.41, 5.74) is 1.63. The number of nitrogens with one attached hydrogen (secondary N) is 1. The molecule has 1 saturated heterocycles. The van der Waals surface area contributed by atoms with E-state index in [0.717, 1.165) is 10.0 Å². The van der Waals surface area contributed by atoms with E-state index in [1.807, 2.05) is 42.5 Å². The number of amides is 2. The van der Waals surface area contributed by atoms with Crippen LogP contribution in [0.25, 0.3) is 0 Å². The first-order valence-corrected chi connectivity index (χ1v) is 9.56. The van der Waals surface area contributed by atoms with E-state index in [2.05, 4.69) is 21.2 Å². The highest BCUT2D eigenvalue weighted by molar-refractivity contribution is 9.10. The lowest BCUT2D eigenvalue weighted by atomic mass is 10.1. The zero-order valence-electron chi connectivity index (χ0n) is 12.9. The third-order valence-electron chi connectivity index (χ3n) is 3.83. The van der Waals surface area contributed by atoms with Crippen molar-refractivity contribution < 1.29 is 9.59 Å². The van der Waals surface area contributed by atoms with Crippen LogP contribution < -0.4 is 5.32 Å². The van der Waals surface area contributed by atoms with Gasteiger partial charge < -0.3 is 10.2 Å². The third kappa shape index (κ3) is 3.99. The molecule has 1 fully saturated rings. The first kappa shape index (κ1) is 17.0. The molecule has 1 N–H and O–H groups in total. The Kier molecular flexibility index (Phi) is 5.58. The van der Waals surface area contributed by atoms with Gasteiger partial charge in [-0.2, -0.15) is 0 Å². The predicted molar refractivity (Wildman–Crippen MR) is 99.7 cm³/mol. The van der Waals surface area contributed by atoms with Gasteiger partial charge in [0.2, 0.25) is 5.91 Å². The number of benzene rings is 2. The molecule has 4 nitrogen and oxygen atoms in total. The Morgan fingerprint density at radius 1 is 1.17 bits per heavy atom. The summed E-state index contributed by atoms with van der Waals surface area (Å²) in [7, 11) is 0. The van der Waals surface area contributed by atoms with Crippen LogP contribution in [0.5, 0.6) is 0 Å². The summed E-state index contributed by atoms with van der Waals surface area (Å²) in [4.78, 5) is 26.8. The van der Waals surface area contributed by atoms with Gasteiger partial charge in [0.05, 0.1) is 5.88 Å². The fraction of sp³-hybridized carbons (Fsp3) is 0.222. The van der Waals surface area contributed by atoms with Crippen molar-refractivity contribution in [1.82, 2.24) is 10.2 Å². The quantitative estimate of drug-likeness (QED) is 0.850. The van der Waals surface area contributed by atoms with Crippen LogP contribution >= 0.6 is 27.7 Å². The Balaban J connectivity index is 1.66. The minimum absolute atomic E-state index is 0.104. The van der Waals surface area contributed by atoms with Gasteiger partial charge in [0.25, 0.3) is 5.91 Å². The van der Waals surface area contributed by atoms with E-state index in [4.69, 9.17) is 0 Å². The van der Waals surface area contributed by atoms with Crippen molar-refractivity contribution in [3.8, 4) is 0 Å². The Morgan fingerprint density at radius 2 is 1.96 bits per heavy atom. The SMILES string of the molecule is O=C(NCc1ccccc1)[C@@H]1CSCN1C(=O)c1cccc(Br)c1. The molecule has 24 heavy (non-hydrogen) atoms. The van der Waals surface area contributed by atoms with E-state index < -0.39 is 6.04 Å². The molecule has 0 aliphatic carbocycles. The molecule has 0 spiro atoms. The third-order valence-corrected chi connectivity index (χ3v) is 5.33. The van der Waals surface area contributed by atoms with Crippen molar-refractivity contribution >= 4 is 39.5 Å². The molecule has 1 aliphatic rings. The average Bonchev–Trinajstić information content (AvgIpc) is 3.09. The monoisotopic (exact) mass is 404 g/mol. The van der Waals surface area contributed by atoms with Crippen LogP contribution in [-0.4, -0.2) is 34.4 Å². The van der Waals surface area contributed by atoms with Gasteiger partial charge in [-0.25, -0.2) is 0 Å². The van der Waals surface area contributed by atoms with E-state index in [9.17, 15) is 9.59 Å². The molecule has 3 rings (SSSR count). The minimum atomic E-state index is -0.426. The van der Waals surface area contributed by atoms with E-state index in [-0.39, 0.29) is 11.8 Å². The number of carbonyl (C=O) groups is 2. The topological polar surface area (TPSA) is 49.4 Å². The highest BCUT2D eigenvalue weighted by Crippen LogP contribution is 2.24. The number of nitrogens with zero attached hydrogens (tertiary/aromatic N) is 1. The van der Waals surface area contributed by atoms with Crippen LogP contribution in [0.4, 0.5) is 0 Å². The molecule has 1 atom stereocenters. The van der Waals surface area contributed by atoms with Crippen LogP contribution in [0.3, 0.4) is 0 Å². The van der Waals surface area contributed by atoms with Crippen molar-refractivity contribution in [2.45, 2.75) is 12.6 Å². The van der Waals surface area contributed by atoms with E-state index >= 15 is 0 Å². The molecular weight excluding hydrogens is 388 g/mol.